The Hall–Kier alpha value is -2.89. The smallest absolute Gasteiger partial charge is 0.166 e. The molecule has 1 saturated heterocycles. The average molecular weight is 467 g/mol. The van der Waals surface area contributed by atoms with Gasteiger partial charge in [0, 0.05) is 23.5 Å². The Labute approximate surface area is 199 Å². The number of rotatable bonds is 8. The summed E-state index contributed by atoms with van der Waals surface area (Å²) >= 11 is 0. The summed E-state index contributed by atoms with van der Waals surface area (Å²) in [6.07, 6.45) is 4.41. The summed E-state index contributed by atoms with van der Waals surface area (Å²) in [6.45, 7) is 6.59. The molecule has 0 N–H and O–H groups in total. The van der Waals surface area contributed by atoms with Crippen molar-refractivity contribution >= 4 is 0 Å². The average Bonchev–Trinajstić information content (AvgIpc) is 2.86. The Morgan fingerprint density at radius 3 is 2.15 bits per heavy atom. The van der Waals surface area contributed by atoms with Crippen molar-refractivity contribution < 1.29 is 22.6 Å². The molecule has 0 amide bonds. The zero-order chi connectivity index (χ0) is 24.1. The molecule has 2 nitrogen and oxygen atoms in total. The molecule has 0 radical (unpaired) electrons. The highest BCUT2D eigenvalue weighted by atomic mass is 19.2. The van der Waals surface area contributed by atoms with Crippen LogP contribution in [0.3, 0.4) is 0 Å². The monoisotopic (exact) mass is 466 g/mol. The van der Waals surface area contributed by atoms with Crippen LogP contribution >= 0.6 is 0 Å². The normalized spacial score (nSPS) is 18.1. The van der Waals surface area contributed by atoms with Gasteiger partial charge in [0.25, 0.3) is 0 Å². The molecule has 5 heteroatoms. The van der Waals surface area contributed by atoms with Crippen LogP contribution in [-0.2, 0) is 15.9 Å². The molecule has 0 bridgehead atoms. The molecule has 1 aliphatic heterocycles. The van der Waals surface area contributed by atoms with Crippen molar-refractivity contribution in [2.75, 3.05) is 13.2 Å². The lowest BCUT2D eigenvalue weighted by Gasteiger charge is -2.29. The predicted octanol–water partition coefficient (Wildman–Crippen LogP) is 7.81. The number of ether oxygens (including phenoxy) is 2. The lowest BCUT2D eigenvalue weighted by molar-refractivity contribution is -0.189. The van der Waals surface area contributed by atoms with Crippen LogP contribution in [0.5, 0.6) is 0 Å². The molecule has 0 aromatic heterocycles. The fourth-order valence-electron chi connectivity index (χ4n) is 4.28. The van der Waals surface area contributed by atoms with Gasteiger partial charge in [-0.25, -0.2) is 13.2 Å². The summed E-state index contributed by atoms with van der Waals surface area (Å²) in [5.41, 5.74) is 3.05. The highest BCUT2D eigenvalue weighted by molar-refractivity contribution is 5.71. The van der Waals surface area contributed by atoms with E-state index in [0.29, 0.717) is 41.9 Å². The third-order valence-corrected chi connectivity index (χ3v) is 6.23. The van der Waals surface area contributed by atoms with E-state index in [4.69, 9.17) is 9.47 Å². The van der Waals surface area contributed by atoms with Gasteiger partial charge in [0.05, 0.1) is 13.2 Å². The Balaban J connectivity index is 1.48. The summed E-state index contributed by atoms with van der Waals surface area (Å²) in [6, 6.07) is 15.2. The minimum absolute atomic E-state index is 0.0283. The standard InChI is InChI=1S/C29H29F3O2/c1-3-5-7-27-33-17-23(18-34-27)22-13-14-24(26(30)16-22)19-8-10-20(11-9-19)25-15-12-21(6-4-2)28(31)29(25)32/h3,8-16,23,27H,1,4-7,17-18H2,2H3. The van der Waals surface area contributed by atoms with Crippen LogP contribution in [-0.4, -0.2) is 19.5 Å². The second-order valence-electron chi connectivity index (χ2n) is 8.63. The van der Waals surface area contributed by atoms with Crippen LogP contribution in [0.2, 0.25) is 0 Å². The van der Waals surface area contributed by atoms with Gasteiger partial charge in [-0.1, -0.05) is 68.0 Å². The Kier molecular flexibility index (Phi) is 7.86. The fraction of sp³-hybridized carbons (Fsp3) is 0.310. The first kappa shape index (κ1) is 24.2. The fourth-order valence-corrected chi connectivity index (χ4v) is 4.28. The molecule has 0 unspecified atom stereocenters. The molecule has 3 aromatic carbocycles. The third kappa shape index (κ3) is 5.26. The molecular formula is C29H29F3O2. The summed E-state index contributed by atoms with van der Waals surface area (Å²) in [5, 5.41) is 0. The molecular weight excluding hydrogens is 437 g/mol. The number of halogens is 3. The Morgan fingerprint density at radius 1 is 0.882 bits per heavy atom. The first-order valence-electron chi connectivity index (χ1n) is 11.7. The predicted molar refractivity (Wildman–Crippen MR) is 129 cm³/mol. The van der Waals surface area contributed by atoms with Crippen molar-refractivity contribution in [2.24, 2.45) is 0 Å². The Morgan fingerprint density at radius 2 is 1.53 bits per heavy atom. The summed E-state index contributed by atoms with van der Waals surface area (Å²) in [7, 11) is 0. The zero-order valence-electron chi connectivity index (χ0n) is 19.3. The lowest BCUT2D eigenvalue weighted by Crippen LogP contribution is -2.30. The van der Waals surface area contributed by atoms with E-state index in [-0.39, 0.29) is 23.6 Å². The van der Waals surface area contributed by atoms with Gasteiger partial charge in [-0.05, 0) is 41.2 Å². The number of aryl methyl sites for hydroxylation is 1. The number of allylic oxidation sites excluding steroid dienone is 1. The van der Waals surface area contributed by atoms with Gasteiger partial charge >= 0.3 is 0 Å². The second kappa shape index (κ2) is 11.0. The molecule has 178 valence electrons. The van der Waals surface area contributed by atoms with Crippen molar-refractivity contribution in [3.63, 3.8) is 0 Å². The highest BCUT2D eigenvalue weighted by Gasteiger charge is 2.24. The molecule has 0 saturated carbocycles. The van der Waals surface area contributed by atoms with Gasteiger partial charge in [-0.15, -0.1) is 6.58 Å². The second-order valence-corrected chi connectivity index (χ2v) is 8.63. The highest BCUT2D eigenvalue weighted by Crippen LogP contribution is 2.32. The van der Waals surface area contributed by atoms with Gasteiger partial charge in [0.2, 0.25) is 0 Å². The maximum absolute atomic E-state index is 15.0. The van der Waals surface area contributed by atoms with Crippen LogP contribution in [0.15, 0.2) is 67.3 Å². The molecule has 34 heavy (non-hydrogen) atoms. The van der Waals surface area contributed by atoms with Crippen molar-refractivity contribution in [3.05, 3.63) is 95.8 Å². The van der Waals surface area contributed by atoms with Crippen LogP contribution in [0, 0.1) is 17.5 Å². The summed E-state index contributed by atoms with van der Waals surface area (Å²) in [4.78, 5) is 0. The van der Waals surface area contributed by atoms with E-state index in [1.807, 2.05) is 19.1 Å². The maximum Gasteiger partial charge on any atom is 0.166 e. The molecule has 1 fully saturated rings. The molecule has 0 spiro atoms. The number of benzene rings is 3. The lowest BCUT2D eigenvalue weighted by atomic mass is 9.94. The van der Waals surface area contributed by atoms with Crippen LogP contribution in [0.4, 0.5) is 13.2 Å². The van der Waals surface area contributed by atoms with Crippen LogP contribution in [0.1, 0.15) is 43.2 Å². The van der Waals surface area contributed by atoms with E-state index in [0.717, 1.165) is 24.8 Å². The van der Waals surface area contributed by atoms with Crippen molar-refractivity contribution in [1.82, 2.24) is 0 Å². The largest absolute Gasteiger partial charge is 0.352 e. The van der Waals surface area contributed by atoms with Crippen LogP contribution in [0.25, 0.3) is 22.3 Å². The number of hydrogen-bond acceptors (Lipinski definition) is 2. The van der Waals surface area contributed by atoms with Gasteiger partial charge < -0.3 is 9.47 Å². The topological polar surface area (TPSA) is 18.5 Å². The molecule has 1 aliphatic rings. The minimum Gasteiger partial charge on any atom is -0.352 e. The van der Waals surface area contributed by atoms with Crippen molar-refractivity contribution in [3.8, 4) is 22.3 Å². The molecule has 0 aliphatic carbocycles. The van der Waals surface area contributed by atoms with Crippen molar-refractivity contribution in [1.29, 1.82) is 0 Å². The summed E-state index contributed by atoms with van der Waals surface area (Å²) < 4.78 is 55.4. The van der Waals surface area contributed by atoms with E-state index in [2.05, 4.69) is 6.58 Å². The van der Waals surface area contributed by atoms with Crippen LogP contribution < -0.4 is 0 Å². The SMILES string of the molecule is C=CCCC1OCC(c2ccc(-c3ccc(-c4ccc(CCC)c(F)c4F)cc3)c(F)c2)CO1. The maximum atomic E-state index is 15.0. The minimum atomic E-state index is -0.849. The first-order valence-corrected chi connectivity index (χ1v) is 11.7. The molecule has 1 heterocycles. The molecule has 0 atom stereocenters. The molecule has 4 rings (SSSR count). The van der Waals surface area contributed by atoms with Gasteiger partial charge in [-0.2, -0.15) is 0 Å². The molecule has 3 aromatic rings. The van der Waals surface area contributed by atoms with Gasteiger partial charge in [-0.3, -0.25) is 0 Å². The zero-order valence-corrected chi connectivity index (χ0v) is 19.3. The summed E-state index contributed by atoms with van der Waals surface area (Å²) in [5.74, 6) is -2.02. The Bertz CT molecular complexity index is 1130. The van der Waals surface area contributed by atoms with Gasteiger partial charge in [0.1, 0.15) is 5.82 Å². The third-order valence-electron chi connectivity index (χ3n) is 6.23. The van der Waals surface area contributed by atoms with E-state index >= 15 is 0 Å². The van der Waals surface area contributed by atoms with Crippen molar-refractivity contribution in [2.45, 2.75) is 44.8 Å². The van der Waals surface area contributed by atoms with Gasteiger partial charge in [0.15, 0.2) is 17.9 Å². The van der Waals surface area contributed by atoms with E-state index in [1.54, 1.807) is 42.5 Å². The van der Waals surface area contributed by atoms with E-state index < -0.39 is 11.6 Å². The quantitative estimate of drug-likeness (QED) is 0.315. The van der Waals surface area contributed by atoms with E-state index in [9.17, 15) is 13.2 Å². The number of hydrogen-bond donors (Lipinski definition) is 0. The van der Waals surface area contributed by atoms with E-state index in [1.165, 1.54) is 6.07 Å². The first-order chi connectivity index (χ1) is 16.5.